The Labute approximate surface area is 107 Å². The van der Waals surface area contributed by atoms with Crippen molar-refractivity contribution in [2.45, 2.75) is 19.8 Å². The van der Waals surface area contributed by atoms with Crippen molar-refractivity contribution in [3.8, 4) is 0 Å². The number of pyridine rings is 1. The van der Waals surface area contributed by atoms with Gasteiger partial charge in [-0.05, 0) is 37.3 Å². The number of piperidine rings is 1. The minimum Gasteiger partial charge on any atom is -0.396 e. The number of aryl methyl sites for hydroxylation is 1. The van der Waals surface area contributed by atoms with Crippen LogP contribution in [0.5, 0.6) is 0 Å². The Balaban J connectivity index is 2.32. The zero-order valence-corrected chi connectivity index (χ0v) is 10.7. The van der Waals surface area contributed by atoms with E-state index < -0.39 is 0 Å². The molecule has 1 aromatic heterocycles. The van der Waals surface area contributed by atoms with Crippen LogP contribution < -0.4 is 10.6 Å². The number of hydrogen-bond acceptors (Lipinski definition) is 4. The molecule has 5 nitrogen and oxygen atoms in total. The summed E-state index contributed by atoms with van der Waals surface area (Å²) in [4.78, 5) is 6.51. The molecule has 0 amide bonds. The van der Waals surface area contributed by atoms with Crippen molar-refractivity contribution in [3.05, 3.63) is 23.4 Å². The number of aliphatic hydroxyl groups is 1. The van der Waals surface area contributed by atoms with Gasteiger partial charge in [0.2, 0.25) is 0 Å². The number of aromatic nitrogens is 1. The van der Waals surface area contributed by atoms with Crippen LogP contribution in [0.1, 0.15) is 24.0 Å². The first-order valence-corrected chi connectivity index (χ1v) is 6.29. The number of nitrogens with two attached hydrogens (primary N) is 1. The molecule has 2 heterocycles. The lowest BCUT2D eigenvalue weighted by Gasteiger charge is -2.34. The van der Waals surface area contributed by atoms with Crippen LogP contribution in [0.15, 0.2) is 12.3 Å². The second kappa shape index (κ2) is 5.35. The summed E-state index contributed by atoms with van der Waals surface area (Å²) in [5.41, 5.74) is 7.35. The Hall–Kier alpha value is -1.62. The first-order valence-electron chi connectivity index (χ1n) is 6.29. The topological polar surface area (TPSA) is 86.2 Å². The van der Waals surface area contributed by atoms with Crippen LogP contribution >= 0.6 is 0 Å². The van der Waals surface area contributed by atoms with Gasteiger partial charge in [0.15, 0.2) is 0 Å². The second-order valence-corrected chi connectivity index (χ2v) is 4.88. The third-order valence-electron chi connectivity index (χ3n) is 3.49. The summed E-state index contributed by atoms with van der Waals surface area (Å²) in [7, 11) is 0. The summed E-state index contributed by atoms with van der Waals surface area (Å²) in [5.74, 6) is 1.13. The van der Waals surface area contributed by atoms with Crippen molar-refractivity contribution >= 4 is 11.7 Å². The monoisotopic (exact) mass is 248 g/mol. The van der Waals surface area contributed by atoms with Gasteiger partial charge in [0.25, 0.3) is 0 Å². The lowest BCUT2D eigenvalue weighted by molar-refractivity contribution is 0.208. The maximum atomic E-state index is 9.27. The van der Waals surface area contributed by atoms with E-state index in [2.05, 4.69) is 9.88 Å². The molecular formula is C13H20N4O. The highest BCUT2D eigenvalue weighted by molar-refractivity contribution is 6.01. The van der Waals surface area contributed by atoms with Crippen LogP contribution in [0, 0.1) is 18.3 Å². The van der Waals surface area contributed by atoms with Crippen molar-refractivity contribution < 1.29 is 5.11 Å². The van der Waals surface area contributed by atoms with Gasteiger partial charge in [0.05, 0.1) is 5.56 Å². The summed E-state index contributed by atoms with van der Waals surface area (Å²) in [6, 6.07) is 1.87. The molecule has 5 heteroatoms. The predicted molar refractivity (Wildman–Crippen MR) is 72.0 cm³/mol. The minimum absolute atomic E-state index is 0.0571. The van der Waals surface area contributed by atoms with Crippen LogP contribution in [-0.2, 0) is 0 Å². The zero-order chi connectivity index (χ0) is 13.1. The van der Waals surface area contributed by atoms with Gasteiger partial charge in [-0.3, -0.25) is 5.41 Å². The maximum Gasteiger partial charge on any atom is 0.139 e. The van der Waals surface area contributed by atoms with Crippen molar-refractivity contribution in [2.75, 3.05) is 24.6 Å². The highest BCUT2D eigenvalue weighted by Crippen LogP contribution is 2.25. The molecule has 98 valence electrons. The molecule has 0 bridgehead atoms. The van der Waals surface area contributed by atoms with Crippen LogP contribution in [0.4, 0.5) is 5.82 Å². The number of hydrogen-bond donors (Lipinski definition) is 3. The quantitative estimate of drug-likeness (QED) is 0.547. The van der Waals surface area contributed by atoms with Gasteiger partial charge in [-0.25, -0.2) is 4.98 Å². The summed E-state index contributed by atoms with van der Waals surface area (Å²) in [6.45, 7) is 3.84. The fourth-order valence-electron chi connectivity index (χ4n) is 2.52. The van der Waals surface area contributed by atoms with Gasteiger partial charge in [-0.2, -0.15) is 0 Å². The molecule has 0 radical (unpaired) electrons. The highest BCUT2D eigenvalue weighted by Gasteiger charge is 2.23. The maximum absolute atomic E-state index is 9.27. The number of nitrogens with one attached hydrogen (secondary N) is 1. The number of nitrogens with zero attached hydrogens (tertiary/aromatic N) is 2. The van der Waals surface area contributed by atoms with E-state index in [0.717, 1.165) is 42.9 Å². The van der Waals surface area contributed by atoms with Gasteiger partial charge in [-0.1, -0.05) is 0 Å². The van der Waals surface area contributed by atoms with Crippen LogP contribution in [0.3, 0.4) is 0 Å². The Morgan fingerprint density at radius 2 is 2.44 bits per heavy atom. The highest BCUT2D eigenvalue weighted by atomic mass is 16.3. The van der Waals surface area contributed by atoms with E-state index in [0.29, 0.717) is 5.92 Å². The first-order chi connectivity index (χ1) is 8.63. The van der Waals surface area contributed by atoms with E-state index in [-0.39, 0.29) is 12.4 Å². The fourth-order valence-corrected chi connectivity index (χ4v) is 2.52. The number of anilines is 1. The van der Waals surface area contributed by atoms with Crippen molar-refractivity contribution in [1.82, 2.24) is 4.98 Å². The fraction of sp³-hybridized carbons (Fsp3) is 0.538. The number of nitrogen functional groups attached to an aromatic ring is 1. The molecule has 1 aromatic rings. The van der Waals surface area contributed by atoms with E-state index in [1.54, 1.807) is 6.20 Å². The average Bonchev–Trinajstić information content (AvgIpc) is 2.38. The SMILES string of the molecule is Cc1ccnc(N2CCCC(CO)C2)c1C(=N)N. The molecule has 0 aliphatic carbocycles. The van der Waals surface area contributed by atoms with Crippen molar-refractivity contribution in [2.24, 2.45) is 11.7 Å². The number of aliphatic hydroxyl groups excluding tert-OH is 1. The molecule has 1 fully saturated rings. The Morgan fingerprint density at radius 1 is 1.67 bits per heavy atom. The normalized spacial score (nSPS) is 19.9. The molecule has 1 atom stereocenters. The number of amidine groups is 1. The molecule has 0 saturated carbocycles. The zero-order valence-electron chi connectivity index (χ0n) is 10.7. The van der Waals surface area contributed by atoms with Gasteiger partial charge < -0.3 is 15.7 Å². The molecule has 1 aliphatic heterocycles. The minimum atomic E-state index is 0.0571. The van der Waals surface area contributed by atoms with Gasteiger partial charge >= 0.3 is 0 Å². The van der Waals surface area contributed by atoms with Crippen LogP contribution in [0.2, 0.25) is 0 Å². The van der Waals surface area contributed by atoms with Crippen LogP contribution in [0.25, 0.3) is 0 Å². The number of rotatable bonds is 3. The van der Waals surface area contributed by atoms with Crippen LogP contribution in [-0.4, -0.2) is 35.6 Å². The standard InChI is InChI=1S/C13H20N4O/c1-9-4-5-16-13(11(9)12(14)15)17-6-2-3-10(7-17)8-18/h4-5,10,18H,2-3,6-8H2,1H3,(H3,14,15). The van der Waals surface area contributed by atoms with E-state index >= 15 is 0 Å². The summed E-state index contributed by atoms with van der Waals surface area (Å²) < 4.78 is 0. The molecule has 4 N–H and O–H groups in total. The third-order valence-corrected chi connectivity index (χ3v) is 3.49. The molecule has 1 saturated heterocycles. The third kappa shape index (κ3) is 2.46. The Kier molecular flexibility index (Phi) is 3.81. The largest absolute Gasteiger partial charge is 0.396 e. The van der Waals surface area contributed by atoms with E-state index in [1.165, 1.54) is 0 Å². The van der Waals surface area contributed by atoms with Gasteiger partial charge in [0.1, 0.15) is 11.7 Å². The van der Waals surface area contributed by atoms with Crippen molar-refractivity contribution in [1.29, 1.82) is 5.41 Å². The molecule has 0 aromatic carbocycles. The van der Waals surface area contributed by atoms with E-state index in [4.69, 9.17) is 11.1 Å². The summed E-state index contributed by atoms with van der Waals surface area (Å²) in [6.07, 6.45) is 3.84. The molecule has 2 rings (SSSR count). The van der Waals surface area contributed by atoms with Crippen molar-refractivity contribution in [3.63, 3.8) is 0 Å². The first kappa shape index (κ1) is 12.8. The molecule has 1 aliphatic rings. The summed E-state index contributed by atoms with van der Waals surface area (Å²) >= 11 is 0. The van der Waals surface area contributed by atoms with E-state index in [1.807, 2.05) is 13.0 Å². The van der Waals surface area contributed by atoms with Gasteiger partial charge in [-0.15, -0.1) is 0 Å². The smallest absolute Gasteiger partial charge is 0.139 e. The molecule has 1 unspecified atom stereocenters. The Morgan fingerprint density at radius 3 is 3.11 bits per heavy atom. The molecule has 0 spiro atoms. The molecule has 18 heavy (non-hydrogen) atoms. The predicted octanol–water partition coefficient (Wildman–Crippen LogP) is 0.883. The lowest BCUT2D eigenvalue weighted by atomic mass is 9.98. The van der Waals surface area contributed by atoms with E-state index in [9.17, 15) is 5.11 Å². The van der Waals surface area contributed by atoms with Gasteiger partial charge in [0, 0.05) is 25.9 Å². The lowest BCUT2D eigenvalue weighted by Crippen LogP contribution is -2.38. The second-order valence-electron chi connectivity index (χ2n) is 4.88. The Bertz CT molecular complexity index is 447. The average molecular weight is 248 g/mol. The summed E-state index contributed by atoms with van der Waals surface area (Å²) in [5, 5.41) is 17.0. The molecular weight excluding hydrogens is 228 g/mol.